The highest BCUT2D eigenvalue weighted by molar-refractivity contribution is 5.05. The molecule has 0 aliphatic heterocycles. The van der Waals surface area contributed by atoms with Gasteiger partial charge in [0, 0.05) is 0 Å². The summed E-state index contributed by atoms with van der Waals surface area (Å²) in [6.07, 6.45) is 13.4. The average Bonchev–Trinajstić information content (AvgIpc) is 2.93. The first-order valence-corrected chi connectivity index (χ1v) is 12.2. The summed E-state index contributed by atoms with van der Waals surface area (Å²) in [6, 6.07) is 0. The van der Waals surface area contributed by atoms with Gasteiger partial charge in [0.05, 0.1) is 5.60 Å². The van der Waals surface area contributed by atoms with E-state index in [9.17, 15) is 5.11 Å². The topological polar surface area (TPSA) is 20.2 Å². The van der Waals surface area contributed by atoms with Crippen molar-refractivity contribution in [1.29, 1.82) is 0 Å². The summed E-state index contributed by atoms with van der Waals surface area (Å²) in [5, 5.41) is 10.2. The Labute approximate surface area is 171 Å². The molecular weight excluding hydrogens is 328 g/mol. The van der Waals surface area contributed by atoms with Gasteiger partial charge >= 0.3 is 0 Å². The maximum Gasteiger partial charge on any atom is 0.0591 e. The van der Waals surface area contributed by atoms with Crippen molar-refractivity contribution in [2.45, 2.75) is 125 Å². The second-order valence-corrected chi connectivity index (χ2v) is 11.9. The second-order valence-electron chi connectivity index (χ2n) is 11.9. The molecule has 1 heteroatoms. The van der Waals surface area contributed by atoms with Crippen molar-refractivity contribution in [1.82, 2.24) is 0 Å². The van der Waals surface area contributed by atoms with Crippen LogP contribution in [0.5, 0.6) is 0 Å². The standard InChI is InChI=1S/C26H50O/c1-9-11-16-24(4,5)22-15-18-26(8)21(12-13-23(26)20(22)10-2)19(3)14-17-25(6,7)27/h19-23,27H,9-18H2,1-8H3/t19-,20-,21-,22+,23+,26-/m1/s1. The summed E-state index contributed by atoms with van der Waals surface area (Å²) < 4.78 is 0. The fraction of sp³-hybridized carbons (Fsp3) is 1.00. The third kappa shape index (κ3) is 5.12. The highest BCUT2D eigenvalue weighted by Gasteiger charge is 2.56. The van der Waals surface area contributed by atoms with Crippen LogP contribution in [-0.4, -0.2) is 10.7 Å². The Hall–Kier alpha value is -0.0400. The van der Waals surface area contributed by atoms with Gasteiger partial charge in [-0.15, -0.1) is 0 Å². The molecule has 0 aromatic carbocycles. The minimum Gasteiger partial charge on any atom is -0.390 e. The lowest BCUT2D eigenvalue weighted by molar-refractivity contribution is -0.0494. The molecule has 2 aliphatic rings. The van der Waals surface area contributed by atoms with Gasteiger partial charge in [-0.05, 0) is 99.2 Å². The van der Waals surface area contributed by atoms with Crippen LogP contribution in [0.1, 0.15) is 120 Å². The lowest BCUT2D eigenvalue weighted by atomic mass is 9.51. The molecule has 6 atom stereocenters. The Bertz CT molecular complexity index is 459. The molecule has 0 aromatic heterocycles. The number of hydrogen-bond donors (Lipinski definition) is 1. The van der Waals surface area contributed by atoms with Crippen LogP contribution in [0.15, 0.2) is 0 Å². The van der Waals surface area contributed by atoms with Gasteiger partial charge in [-0.1, -0.05) is 60.8 Å². The molecule has 1 N–H and O–H groups in total. The summed E-state index contributed by atoms with van der Waals surface area (Å²) in [4.78, 5) is 0. The third-order valence-electron chi connectivity index (χ3n) is 9.06. The van der Waals surface area contributed by atoms with Crippen LogP contribution in [0.2, 0.25) is 0 Å². The summed E-state index contributed by atoms with van der Waals surface area (Å²) >= 11 is 0. The zero-order valence-electron chi connectivity index (χ0n) is 19.9. The van der Waals surface area contributed by atoms with Crippen molar-refractivity contribution in [3.8, 4) is 0 Å². The Kier molecular flexibility index (Phi) is 7.54. The summed E-state index contributed by atoms with van der Waals surface area (Å²) in [5.74, 6) is 4.36. The Morgan fingerprint density at radius 1 is 1.04 bits per heavy atom. The molecule has 1 nitrogen and oxygen atoms in total. The van der Waals surface area contributed by atoms with E-state index in [0.717, 1.165) is 36.0 Å². The largest absolute Gasteiger partial charge is 0.390 e. The van der Waals surface area contributed by atoms with Gasteiger partial charge in [0.25, 0.3) is 0 Å². The molecule has 0 unspecified atom stereocenters. The zero-order chi connectivity index (χ0) is 20.5. The van der Waals surface area contributed by atoms with Gasteiger partial charge in [-0.3, -0.25) is 0 Å². The molecule has 0 radical (unpaired) electrons. The van der Waals surface area contributed by atoms with Gasteiger partial charge in [0.15, 0.2) is 0 Å². The van der Waals surface area contributed by atoms with Crippen LogP contribution in [0.4, 0.5) is 0 Å². The number of unbranched alkanes of at least 4 members (excludes halogenated alkanes) is 1. The zero-order valence-corrected chi connectivity index (χ0v) is 19.9. The quantitative estimate of drug-likeness (QED) is 0.433. The molecule has 0 aromatic rings. The van der Waals surface area contributed by atoms with Gasteiger partial charge in [0.1, 0.15) is 0 Å². The van der Waals surface area contributed by atoms with Crippen molar-refractivity contribution in [3.05, 3.63) is 0 Å². The van der Waals surface area contributed by atoms with E-state index < -0.39 is 5.60 Å². The highest BCUT2D eigenvalue weighted by atomic mass is 16.3. The normalized spacial score (nSPS) is 35.9. The van der Waals surface area contributed by atoms with Crippen LogP contribution >= 0.6 is 0 Å². The van der Waals surface area contributed by atoms with Crippen molar-refractivity contribution in [2.24, 2.45) is 40.4 Å². The maximum absolute atomic E-state index is 10.2. The predicted octanol–water partition coefficient (Wildman–Crippen LogP) is 7.86. The molecule has 0 amide bonds. The first kappa shape index (κ1) is 23.2. The molecule has 2 aliphatic carbocycles. The SMILES string of the molecule is CCCCC(C)(C)[C@H]1CC[C@]2(C)[C@@H]([C@H](C)CCC(C)(C)O)CC[C@H]2[C@@H]1CC. The maximum atomic E-state index is 10.2. The summed E-state index contributed by atoms with van der Waals surface area (Å²) in [5.41, 5.74) is 0.528. The van der Waals surface area contributed by atoms with E-state index in [-0.39, 0.29) is 0 Å². The average molecular weight is 379 g/mol. The predicted molar refractivity (Wildman–Crippen MR) is 119 cm³/mol. The van der Waals surface area contributed by atoms with Crippen molar-refractivity contribution in [3.63, 3.8) is 0 Å². The minimum atomic E-state index is -0.514. The van der Waals surface area contributed by atoms with Crippen LogP contribution in [-0.2, 0) is 0 Å². The molecule has 27 heavy (non-hydrogen) atoms. The lowest BCUT2D eigenvalue weighted by Gasteiger charge is -2.54. The fourth-order valence-corrected chi connectivity index (χ4v) is 7.40. The monoisotopic (exact) mass is 378 g/mol. The van der Waals surface area contributed by atoms with E-state index in [1.54, 1.807) is 0 Å². The highest BCUT2D eigenvalue weighted by Crippen LogP contribution is 2.64. The van der Waals surface area contributed by atoms with E-state index >= 15 is 0 Å². The van der Waals surface area contributed by atoms with E-state index in [2.05, 4.69) is 41.5 Å². The Morgan fingerprint density at radius 3 is 2.26 bits per heavy atom. The van der Waals surface area contributed by atoms with E-state index in [4.69, 9.17) is 0 Å². The number of fused-ring (bicyclic) bond motifs is 1. The molecule has 2 saturated carbocycles. The van der Waals surface area contributed by atoms with Gasteiger partial charge in [-0.25, -0.2) is 0 Å². The number of aliphatic hydroxyl groups is 1. The summed E-state index contributed by atoms with van der Waals surface area (Å²) in [7, 11) is 0. The van der Waals surface area contributed by atoms with Crippen LogP contribution in [0.3, 0.4) is 0 Å². The molecule has 0 bridgehead atoms. The Balaban J connectivity index is 2.13. The van der Waals surface area contributed by atoms with Crippen molar-refractivity contribution < 1.29 is 5.11 Å². The van der Waals surface area contributed by atoms with E-state index in [1.807, 2.05) is 13.8 Å². The minimum absolute atomic E-state index is 0.503. The lowest BCUT2D eigenvalue weighted by Crippen LogP contribution is -2.46. The molecule has 2 fully saturated rings. The van der Waals surface area contributed by atoms with Crippen LogP contribution < -0.4 is 0 Å². The first-order chi connectivity index (χ1) is 12.5. The molecule has 160 valence electrons. The molecule has 2 rings (SSSR count). The second kappa shape index (κ2) is 8.76. The van der Waals surface area contributed by atoms with Crippen LogP contribution in [0.25, 0.3) is 0 Å². The third-order valence-corrected chi connectivity index (χ3v) is 9.06. The van der Waals surface area contributed by atoms with Crippen LogP contribution in [0, 0.1) is 40.4 Å². The van der Waals surface area contributed by atoms with Gasteiger partial charge in [0.2, 0.25) is 0 Å². The smallest absolute Gasteiger partial charge is 0.0591 e. The van der Waals surface area contributed by atoms with E-state index in [1.165, 1.54) is 57.8 Å². The van der Waals surface area contributed by atoms with E-state index in [0.29, 0.717) is 10.8 Å². The molecule has 0 spiro atoms. The van der Waals surface area contributed by atoms with Gasteiger partial charge < -0.3 is 5.11 Å². The van der Waals surface area contributed by atoms with Gasteiger partial charge in [-0.2, -0.15) is 0 Å². The van der Waals surface area contributed by atoms with Crippen molar-refractivity contribution >= 4 is 0 Å². The molecule has 0 heterocycles. The fourth-order valence-electron chi connectivity index (χ4n) is 7.40. The number of hydrogen-bond acceptors (Lipinski definition) is 1. The first-order valence-electron chi connectivity index (χ1n) is 12.2. The van der Waals surface area contributed by atoms with Crippen molar-refractivity contribution in [2.75, 3.05) is 0 Å². The Morgan fingerprint density at radius 2 is 1.70 bits per heavy atom. The number of rotatable bonds is 9. The summed E-state index contributed by atoms with van der Waals surface area (Å²) in [6.45, 7) is 19.0. The molecule has 0 saturated heterocycles. The molecular formula is C26H50O.